The minimum atomic E-state index is -1.16. The molecule has 0 radical (unpaired) electrons. The number of hydrogen-bond acceptors (Lipinski definition) is 3. The number of fused-ring (bicyclic) bond motifs is 1. The first-order chi connectivity index (χ1) is 12.9. The molecule has 0 saturated carbocycles. The van der Waals surface area contributed by atoms with Gasteiger partial charge in [-0.3, -0.25) is 9.59 Å². The standard InChI is InChI=1S/C21H22N2O4/c1-13-7-8-16(11-14(13)2)20(21(26)27)22-18(24)12-23-17-6-4-3-5-15(17)9-10-19(23)25/h3-8,11,20H,9-10,12H2,1-2H3,(H,22,24)(H,26,27). The zero-order valence-corrected chi connectivity index (χ0v) is 15.4. The molecular formula is C21H22N2O4. The van der Waals surface area contributed by atoms with Gasteiger partial charge in [0.05, 0.1) is 0 Å². The number of nitrogens with zero attached hydrogens (tertiary/aromatic N) is 1. The molecule has 2 amide bonds. The van der Waals surface area contributed by atoms with Crippen molar-refractivity contribution in [1.82, 2.24) is 5.32 Å². The van der Waals surface area contributed by atoms with Crippen LogP contribution in [-0.2, 0) is 20.8 Å². The Morgan fingerprint density at radius 3 is 2.56 bits per heavy atom. The van der Waals surface area contributed by atoms with E-state index in [2.05, 4.69) is 5.32 Å². The lowest BCUT2D eigenvalue weighted by Gasteiger charge is -2.29. The van der Waals surface area contributed by atoms with Crippen LogP contribution in [0.1, 0.15) is 34.7 Å². The number of carbonyl (C=O) groups is 3. The van der Waals surface area contributed by atoms with E-state index < -0.39 is 17.9 Å². The normalized spacial score (nSPS) is 14.4. The number of carbonyl (C=O) groups excluding carboxylic acids is 2. The summed E-state index contributed by atoms with van der Waals surface area (Å²) in [5.74, 6) is -1.79. The molecule has 6 heteroatoms. The summed E-state index contributed by atoms with van der Waals surface area (Å²) in [6, 6.07) is 11.6. The van der Waals surface area contributed by atoms with Crippen molar-refractivity contribution in [2.45, 2.75) is 32.7 Å². The number of aliphatic carboxylic acids is 1. The molecule has 1 heterocycles. The van der Waals surface area contributed by atoms with E-state index in [9.17, 15) is 19.5 Å². The number of nitrogens with one attached hydrogen (secondary N) is 1. The van der Waals surface area contributed by atoms with Crippen LogP contribution in [-0.4, -0.2) is 29.4 Å². The summed E-state index contributed by atoms with van der Waals surface area (Å²) in [6.45, 7) is 3.63. The summed E-state index contributed by atoms with van der Waals surface area (Å²) in [5, 5.41) is 12.1. The largest absolute Gasteiger partial charge is 0.479 e. The second-order valence-electron chi connectivity index (χ2n) is 6.79. The Hall–Kier alpha value is -3.15. The third-order valence-electron chi connectivity index (χ3n) is 4.91. The van der Waals surface area contributed by atoms with Gasteiger partial charge < -0.3 is 15.3 Å². The summed E-state index contributed by atoms with van der Waals surface area (Å²) in [7, 11) is 0. The van der Waals surface area contributed by atoms with Crippen molar-refractivity contribution in [2.75, 3.05) is 11.4 Å². The maximum absolute atomic E-state index is 12.5. The molecular weight excluding hydrogens is 344 g/mol. The maximum Gasteiger partial charge on any atom is 0.330 e. The molecule has 0 spiro atoms. The average Bonchev–Trinajstić information content (AvgIpc) is 2.64. The van der Waals surface area contributed by atoms with Crippen molar-refractivity contribution in [2.24, 2.45) is 0 Å². The highest BCUT2D eigenvalue weighted by atomic mass is 16.4. The van der Waals surface area contributed by atoms with Gasteiger partial charge in [0.25, 0.3) is 0 Å². The number of carboxylic acid groups (broad SMARTS) is 1. The molecule has 6 nitrogen and oxygen atoms in total. The number of benzene rings is 2. The van der Waals surface area contributed by atoms with Gasteiger partial charge in [-0.05, 0) is 48.6 Å². The molecule has 0 aliphatic carbocycles. The van der Waals surface area contributed by atoms with Crippen LogP contribution in [0.4, 0.5) is 5.69 Å². The summed E-state index contributed by atoms with van der Waals surface area (Å²) >= 11 is 0. The first-order valence-corrected chi connectivity index (χ1v) is 8.84. The number of carboxylic acids is 1. The van der Waals surface area contributed by atoms with E-state index in [1.54, 1.807) is 18.2 Å². The van der Waals surface area contributed by atoms with E-state index in [1.807, 2.05) is 38.1 Å². The molecule has 0 bridgehead atoms. The predicted molar refractivity (Wildman–Crippen MR) is 102 cm³/mol. The highest BCUT2D eigenvalue weighted by molar-refractivity contribution is 6.01. The van der Waals surface area contributed by atoms with Gasteiger partial charge in [0.15, 0.2) is 6.04 Å². The van der Waals surface area contributed by atoms with Gasteiger partial charge in [-0.2, -0.15) is 0 Å². The topological polar surface area (TPSA) is 86.7 Å². The zero-order valence-electron chi connectivity index (χ0n) is 15.4. The van der Waals surface area contributed by atoms with Crippen LogP contribution in [0.3, 0.4) is 0 Å². The van der Waals surface area contributed by atoms with E-state index in [0.29, 0.717) is 24.1 Å². The van der Waals surface area contributed by atoms with Crippen LogP contribution in [0.15, 0.2) is 42.5 Å². The number of para-hydroxylation sites is 1. The number of amides is 2. The Balaban J connectivity index is 1.78. The summed E-state index contributed by atoms with van der Waals surface area (Å²) in [4.78, 5) is 37.9. The molecule has 1 atom stereocenters. The van der Waals surface area contributed by atoms with Gasteiger partial charge in [-0.15, -0.1) is 0 Å². The van der Waals surface area contributed by atoms with E-state index >= 15 is 0 Å². The molecule has 0 fully saturated rings. The monoisotopic (exact) mass is 366 g/mol. The molecule has 3 rings (SSSR count). The summed E-state index contributed by atoms with van der Waals surface area (Å²) in [6.07, 6.45) is 0.983. The highest BCUT2D eigenvalue weighted by Gasteiger charge is 2.28. The van der Waals surface area contributed by atoms with Crippen molar-refractivity contribution in [1.29, 1.82) is 0 Å². The Kier molecular flexibility index (Phi) is 5.26. The minimum Gasteiger partial charge on any atom is -0.479 e. The fraction of sp³-hybridized carbons (Fsp3) is 0.286. The van der Waals surface area contributed by atoms with E-state index in [1.165, 1.54) is 4.90 Å². The molecule has 1 aliphatic rings. The Morgan fingerprint density at radius 1 is 1.11 bits per heavy atom. The molecule has 2 aromatic carbocycles. The number of rotatable bonds is 5. The van der Waals surface area contributed by atoms with Crippen molar-refractivity contribution in [3.63, 3.8) is 0 Å². The van der Waals surface area contributed by atoms with E-state index in [0.717, 1.165) is 16.7 Å². The molecule has 0 saturated heterocycles. The third-order valence-corrected chi connectivity index (χ3v) is 4.91. The molecule has 0 aromatic heterocycles. The van der Waals surface area contributed by atoms with Crippen LogP contribution in [0, 0.1) is 13.8 Å². The molecule has 2 N–H and O–H groups in total. The van der Waals surface area contributed by atoms with E-state index in [-0.39, 0.29) is 12.5 Å². The van der Waals surface area contributed by atoms with Crippen LogP contribution in [0.25, 0.3) is 0 Å². The zero-order chi connectivity index (χ0) is 19.6. The van der Waals surface area contributed by atoms with Gasteiger partial charge in [0.1, 0.15) is 6.54 Å². The van der Waals surface area contributed by atoms with Crippen molar-refractivity contribution >= 4 is 23.5 Å². The lowest BCUT2D eigenvalue weighted by Crippen LogP contribution is -2.45. The number of aryl methyl sites for hydroxylation is 3. The van der Waals surface area contributed by atoms with Gasteiger partial charge in [-0.25, -0.2) is 4.79 Å². The van der Waals surface area contributed by atoms with Crippen LogP contribution >= 0.6 is 0 Å². The highest BCUT2D eigenvalue weighted by Crippen LogP contribution is 2.27. The van der Waals surface area contributed by atoms with Gasteiger partial charge in [0.2, 0.25) is 11.8 Å². The van der Waals surface area contributed by atoms with Gasteiger partial charge in [-0.1, -0.05) is 36.4 Å². The lowest BCUT2D eigenvalue weighted by atomic mass is 10.0. The second-order valence-corrected chi connectivity index (χ2v) is 6.79. The smallest absolute Gasteiger partial charge is 0.330 e. The Labute approximate surface area is 157 Å². The minimum absolute atomic E-state index is 0.137. The first kappa shape index (κ1) is 18.6. The molecule has 27 heavy (non-hydrogen) atoms. The maximum atomic E-state index is 12.5. The van der Waals surface area contributed by atoms with Crippen molar-refractivity contribution in [3.05, 3.63) is 64.7 Å². The number of anilines is 1. The molecule has 1 unspecified atom stereocenters. The van der Waals surface area contributed by atoms with Crippen molar-refractivity contribution < 1.29 is 19.5 Å². The summed E-state index contributed by atoms with van der Waals surface area (Å²) < 4.78 is 0. The lowest BCUT2D eigenvalue weighted by molar-refractivity contribution is -0.141. The van der Waals surface area contributed by atoms with Gasteiger partial charge >= 0.3 is 5.97 Å². The van der Waals surface area contributed by atoms with Gasteiger partial charge in [0, 0.05) is 12.1 Å². The molecule has 2 aromatic rings. The van der Waals surface area contributed by atoms with Crippen LogP contribution in [0.2, 0.25) is 0 Å². The quantitative estimate of drug-likeness (QED) is 0.851. The Bertz CT molecular complexity index is 907. The third kappa shape index (κ3) is 4.00. The number of hydrogen-bond donors (Lipinski definition) is 2. The molecule has 140 valence electrons. The fourth-order valence-corrected chi connectivity index (χ4v) is 3.25. The van der Waals surface area contributed by atoms with Crippen LogP contribution < -0.4 is 10.2 Å². The predicted octanol–water partition coefficient (Wildman–Crippen LogP) is 2.52. The summed E-state index contributed by atoms with van der Waals surface area (Å²) in [5.41, 5.74) is 4.22. The Morgan fingerprint density at radius 2 is 1.85 bits per heavy atom. The van der Waals surface area contributed by atoms with E-state index in [4.69, 9.17) is 0 Å². The average molecular weight is 366 g/mol. The second kappa shape index (κ2) is 7.61. The van der Waals surface area contributed by atoms with Crippen LogP contribution in [0.5, 0.6) is 0 Å². The SMILES string of the molecule is Cc1ccc(C(NC(=O)CN2C(=O)CCc3ccccc32)C(=O)O)cc1C. The van der Waals surface area contributed by atoms with Crippen molar-refractivity contribution in [3.8, 4) is 0 Å². The molecule has 1 aliphatic heterocycles. The fourth-order valence-electron chi connectivity index (χ4n) is 3.25. The first-order valence-electron chi connectivity index (χ1n) is 8.84.